The van der Waals surface area contributed by atoms with E-state index in [0.29, 0.717) is 17.5 Å². The van der Waals surface area contributed by atoms with Crippen LogP contribution in [0.1, 0.15) is 54.4 Å². The predicted molar refractivity (Wildman–Crippen MR) is 76.3 cm³/mol. The van der Waals surface area contributed by atoms with E-state index in [9.17, 15) is 8.42 Å². The van der Waals surface area contributed by atoms with Crippen LogP contribution in [0.5, 0.6) is 0 Å². The smallest absolute Gasteiger partial charge is 0.234 e. The first-order valence-electron chi connectivity index (χ1n) is 6.25. The third-order valence-electron chi connectivity index (χ3n) is 2.84. The Morgan fingerprint density at radius 2 is 2.00 bits per heavy atom. The molecule has 0 aliphatic carbocycles. The van der Waals surface area contributed by atoms with Crippen molar-refractivity contribution in [3.63, 3.8) is 0 Å². The summed E-state index contributed by atoms with van der Waals surface area (Å²) in [5, 5.41) is 9.34. The van der Waals surface area contributed by atoms with E-state index in [0.717, 1.165) is 5.01 Å². The molecule has 2 heterocycles. The lowest BCUT2D eigenvalue weighted by atomic mass is 10.2. The van der Waals surface area contributed by atoms with E-state index in [1.54, 1.807) is 19.2 Å². The van der Waals surface area contributed by atoms with Gasteiger partial charge in [0.15, 0.2) is 9.84 Å². The van der Waals surface area contributed by atoms with Crippen molar-refractivity contribution < 1.29 is 12.8 Å². The molecule has 0 fully saturated rings. The van der Waals surface area contributed by atoms with Gasteiger partial charge >= 0.3 is 0 Å². The molecule has 6 nitrogen and oxygen atoms in total. The van der Waals surface area contributed by atoms with Gasteiger partial charge in [-0.3, -0.25) is 0 Å². The van der Waals surface area contributed by atoms with Crippen LogP contribution < -0.4 is 0 Å². The fraction of sp³-hybridized carbons (Fsp3) is 0.583. The minimum Gasteiger partial charge on any atom is -0.424 e. The molecule has 2 aromatic heterocycles. The minimum atomic E-state index is -3.42. The number of thiazole rings is 1. The molecule has 0 radical (unpaired) electrons. The Kier molecular flexibility index (Phi) is 4.24. The van der Waals surface area contributed by atoms with E-state index < -0.39 is 15.1 Å². The van der Waals surface area contributed by atoms with Crippen LogP contribution in [-0.4, -0.2) is 23.6 Å². The minimum absolute atomic E-state index is 0.112. The first-order chi connectivity index (χ1) is 9.29. The van der Waals surface area contributed by atoms with Gasteiger partial charge in [-0.25, -0.2) is 13.4 Å². The molecular formula is C12H17N3O3S2. The summed E-state index contributed by atoms with van der Waals surface area (Å²) < 4.78 is 29.8. The van der Waals surface area contributed by atoms with Gasteiger partial charge in [0.05, 0.1) is 16.5 Å². The van der Waals surface area contributed by atoms with E-state index in [1.807, 2.05) is 13.8 Å². The van der Waals surface area contributed by atoms with Crippen molar-refractivity contribution in [2.45, 2.75) is 44.6 Å². The van der Waals surface area contributed by atoms with Crippen LogP contribution in [0.2, 0.25) is 0 Å². The van der Waals surface area contributed by atoms with Crippen LogP contribution in [-0.2, 0) is 15.6 Å². The quantitative estimate of drug-likeness (QED) is 0.843. The normalized spacial score (nSPS) is 13.8. The van der Waals surface area contributed by atoms with Crippen molar-refractivity contribution in [2.75, 3.05) is 0 Å². The number of nitrogens with zero attached hydrogens (tertiary/aromatic N) is 3. The Hall–Kier alpha value is -1.28. The highest BCUT2D eigenvalue weighted by Gasteiger charge is 2.28. The molecule has 0 saturated carbocycles. The van der Waals surface area contributed by atoms with Gasteiger partial charge in [-0.15, -0.1) is 21.5 Å². The van der Waals surface area contributed by atoms with Crippen LogP contribution in [0.25, 0.3) is 0 Å². The van der Waals surface area contributed by atoms with Crippen LogP contribution in [0.3, 0.4) is 0 Å². The van der Waals surface area contributed by atoms with Crippen LogP contribution >= 0.6 is 11.3 Å². The average Bonchev–Trinajstić information content (AvgIpc) is 2.96. The molecule has 2 rings (SSSR count). The standard InChI is InChI=1S/C12H17N3O3S2/c1-7(2)12-13-10(5-19-12)6-20(16,17)8(3)11-15-14-9(4)18-11/h5,7-8H,6H2,1-4H3/t8-/m1/s1. The summed E-state index contributed by atoms with van der Waals surface area (Å²) in [5.74, 6) is 0.672. The fourth-order valence-corrected chi connectivity index (χ4v) is 3.77. The maximum Gasteiger partial charge on any atom is 0.234 e. The summed E-state index contributed by atoms with van der Waals surface area (Å²) >= 11 is 1.48. The summed E-state index contributed by atoms with van der Waals surface area (Å²) in [6.45, 7) is 7.24. The van der Waals surface area contributed by atoms with Gasteiger partial charge in [0.2, 0.25) is 11.8 Å². The van der Waals surface area contributed by atoms with Gasteiger partial charge in [0.25, 0.3) is 0 Å². The number of rotatable bonds is 5. The molecule has 0 saturated heterocycles. The summed E-state index contributed by atoms with van der Waals surface area (Å²) in [5.41, 5.74) is 0.571. The molecule has 0 aliphatic rings. The van der Waals surface area contributed by atoms with Crippen molar-refractivity contribution in [1.29, 1.82) is 0 Å². The summed E-state index contributed by atoms with van der Waals surface area (Å²) in [7, 11) is -3.42. The number of sulfone groups is 1. The molecule has 1 atom stereocenters. The Bertz CT molecular complexity index is 688. The lowest BCUT2D eigenvalue weighted by Crippen LogP contribution is -2.13. The fourth-order valence-electron chi connectivity index (χ4n) is 1.61. The molecule has 20 heavy (non-hydrogen) atoms. The zero-order valence-electron chi connectivity index (χ0n) is 11.8. The monoisotopic (exact) mass is 315 g/mol. The van der Waals surface area contributed by atoms with Gasteiger partial charge in [-0.05, 0) is 6.92 Å². The second-order valence-corrected chi connectivity index (χ2v) is 8.15. The van der Waals surface area contributed by atoms with Gasteiger partial charge in [-0.1, -0.05) is 13.8 Å². The SMILES string of the molecule is Cc1nnc([C@@H](C)S(=O)(=O)Cc2csc(C(C)C)n2)o1. The molecular weight excluding hydrogens is 298 g/mol. The second-order valence-electron chi connectivity index (χ2n) is 4.94. The van der Waals surface area contributed by atoms with Crippen molar-refractivity contribution in [3.05, 3.63) is 27.9 Å². The molecule has 0 unspecified atom stereocenters. The Labute approximate surface area is 122 Å². The largest absolute Gasteiger partial charge is 0.424 e. The molecule has 0 spiro atoms. The summed E-state index contributed by atoms with van der Waals surface area (Å²) in [4.78, 5) is 4.35. The number of hydrogen-bond acceptors (Lipinski definition) is 7. The van der Waals surface area contributed by atoms with Crippen molar-refractivity contribution in [2.24, 2.45) is 0 Å². The number of aromatic nitrogens is 3. The number of aryl methyl sites for hydroxylation is 1. The Morgan fingerprint density at radius 1 is 1.30 bits per heavy atom. The third kappa shape index (κ3) is 3.24. The summed E-state index contributed by atoms with van der Waals surface area (Å²) in [6, 6.07) is 0. The zero-order chi connectivity index (χ0) is 14.9. The maximum absolute atomic E-state index is 12.3. The van der Waals surface area contributed by atoms with E-state index in [-0.39, 0.29) is 11.6 Å². The highest BCUT2D eigenvalue weighted by molar-refractivity contribution is 7.90. The molecule has 2 aromatic rings. The van der Waals surface area contributed by atoms with Gasteiger partial charge in [0, 0.05) is 18.2 Å². The molecule has 0 aliphatic heterocycles. The van der Waals surface area contributed by atoms with Crippen molar-refractivity contribution >= 4 is 21.2 Å². The highest BCUT2D eigenvalue weighted by Crippen LogP contribution is 2.26. The lowest BCUT2D eigenvalue weighted by Gasteiger charge is -2.07. The van der Waals surface area contributed by atoms with Crippen LogP contribution in [0.4, 0.5) is 0 Å². The van der Waals surface area contributed by atoms with E-state index in [1.165, 1.54) is 11.3 Å². The van der Waals surface area contributed by atoms with E-state index in [2.05, 4.69) is 15.2 Å². The van der Waals surface area contributed by atoms with Crippen molar-refractivity contribution in [1.82, 2.24) is 15.2 Å². The maximum atomic E-state index is 12.3. The Morgan fingerprint density at radius 3 is 2.50 bits per heavy atom. The topological polar surface area (TPSA) is 86.0 Å². The molecule has 8 heteroatoms. The highest BCUT2D eigenvalue weighted by atomic mass is 32.2. The van der Waals surface area contributed by atoms with Crippen LogP contribution in [0.15, 0.2) is 9.80 Å². The van der Waals surface area contributed by atoms with E-state index >= 15 is 0 Å². The molecule has 0 bridgehead atoms. The van der Waals surface area contributed by atoms with E-state index in [4.69, 9.17) is 4.42 Å². The predicted octanol–water partition coefficient (Wildman–Crippen LogP) is 2.63. The molecule has 0 amide bonds. The van der Waals surface area contributed by atoms with Gasteiger partial charge < -0.3 is 4.42 Å². The number of hydrogen-bond donors (Lipinski definition) is 0. The molecule has 110 valence electrons. The average molecular weight is 315 g/mol. The zero-order valence-corrected chi connectivity index (χ0v) is 13.5. The first-order valence-corrected chi connectivity index (χ1v) is 8.85. The second kappa shape index (κ2) is 5.61. The van der Waals surface area contributed by atoms with Crippen LogP contribution in [0, 0.1) is 6.92 Å². The Balaban J connectivity index is 2.18. The molecule has 0 N–H and O–H groups in total. The van der Waals surface area contributed by atoms with Crippen molar-refractivity contribution in [3.8, 4) is 0 Å². The summed E-state index contributed by atoms with van der Waals surface area (Å²) in [6.07, 6.45) is 0. The third-order valence-corrected chi connectivity index (χ3v) is 6.01. The lowest BCUT2D eigenvalue weighted by molar-refractivity contribution is 0.461. The first kappa shape index (κ1) is 15.1. The molecule has 0 aromatic carbocycles. The van der Waals surface area contributed by atoms with Gasteiger partial charge in [0.1, 0.15) is 5.25 Å². The van der Waals surface area contributed by atoms with Gasteiger partial charge in [-0.2, -0.15) is 0 Å².